The molecule has 1 atom stereocenters. The zero-order valence-corrected chi connectivity index (χ0v) is 11.3. The Labute approximate surface area is 113 Å². The molecule has 0 bridgehead atoms. The molecule has 2 rings (SSSR count). The minimum absolute atomic E-state index is 0.469. The summed E-state index contributed by atoms with van der Waals surface area (Å²) in [6.45, 7) is 0. The molecule has 17 heavy (non-hydrogen) atoms. The van der Waals surface area contributed by atoms with E-state index < -0.39 is 6.10 Å². The summed E-state index contributed by atoms with van der Waals surface area (Å²) in [6.07, 6.45) is -0.758. The average molecular weight is 289 g/mol. The van der Waals surface area contributed by atoms with Gasteiger partial charge in [-0.15, -0.1) is 11.3 Å². The van der Waals surface area contributed by atoms with E-state index in [0.29, 0.717) is 26.2 Å². The molecule has 0 aliphatic heterocycles. The molecular weight excluding hydrogens is 279 g/mol. The van der Waals surface area contributed by atoms with E-state index in [9.17, 15) is 5.11 Å². The molecule has 0 fully saturated rings. The number of rotatable bonds is 3. The van der Waals surface area contributed by atoms with Crippen molar-refractivity contribution in [2.75, 3.05) is 7.11 Å². The van der Waals surface area contributed by atoms with E-state index >= 15 is 0 Å². The Hall–Kier alpha value is -0.740. The highest BCUT2D eigenvalue weighted by molar-refractivity contribution is 7.10. The number of hydrogen-bond acceptors (Lipinski definition) is 3. The van der Waals surface area contributed by atoms with Crippen LogP contribution in [-0.4, -0.2) is 12.2 Å². The third-order valence-corrected chi connectivity index (χ3v) is 4.09. The zero-order valence-electron chi connectivity index (χ0n) is 8.98. The van der Waals surface area contributed by atoms with Crippen LogP contribution in [0.5, 0.6) is 5.75 Å². The van der Waals surface area contributed by atoms with Gasteiger partial charge in [0.25, 0.3) is 0 Å². The lowest BCUT2D eigenvalue weighted by Gasteiger charge is -2.11. The Balaban J connectivity index is 2.35. The number of methoxy groups -OCH3 is 1. The molecule has 0 amide bonds. The fourth-order valence-electron chi connectivity index (χ4n) is 1.50. The molecule has 2 aromatic rings. The largest absolute Gasteiger partial charge is 0.495 e. The minimum Gasteiger partial charge on any atom is -0.495 e. The molecule has 1 aromatic carbocycles. The van der Waals surface area contributed by atoms with Crippen molar-refractivity contribution in [2.24, 2.45) is 0 Å². The molecule has 90 valence electrons. The van der Waals surface area contributed by atoms with Crippen molar-refractivity contribution in [1.82, 2.24) is 0 Å². The molecule has 0 spiro atoms. The molecule has 1 aromatic heterocycles. The number of halogens is 2. The third-order valence-electron chi connectivity index (χ3n) is 2.38. The van der Waals surface area contributed by atoms with Crippen molar-refractivity contribution >= 4 is 34.5 Å². The van der Waals surface area contributed by atoms with E-state index in [2.05, 4.69) is 0 Å². The van der Waals surface area contributed by atoms with Crippen LogP contribution in [0.2, 0.25) is 10.0 Å². The van der Waals surface area contributed by atoms with Crippen molar-refractivity contribution in [3.05, 3.63) is 50.1 Å². The molecule has 0 radical (unpaired) electrons. The number of aliphatic hydroxyl groups is 1. The van der Waals surface area contributed by atoms with E-state index in [0.717, 1.165) is 0 Å². The number of thiophene rings is 1. The van der Waals surface area contributed by atoms with Gasteiger partial charge in [-0.1, -0.05) is 29.3 Å². The van der Waals surface area contributed by atoms with Gasteiger partial charge >= 0.3 is 0 Å². The fourth-order valence-corrected chi connectivity index (χ4v) is 2.94. The van der Waals surface area contributed by atoms with Crippen molar-refractivity contribution in [3.8, 4) is 5.75 Å². The van der Waals surface area contributed by atoms with E-state index in [4.69, 9.17) is 27.9 Å². The highest BCUT2D eigenvalue weighted by Gasteiger charge is 2.16. The van der Waals surface area contributed by atoms with Gasteiger partial charge in [-0.2, -0.15) is 0 Å². The van der Waals surface area contributed by atoms with Crippen LogP contribution in [0.1, 0.15) is 16.5 Å². The Morgan fingerprint density at radius 1 is 1.24 bits per heavy atom. The van der Waals surface area contributed by atoms with E-state index in [1.165, 1.54) is 11.3 Å². The van der Waals surface area contributed by atoms with Gasteiger partial charge in [0.1, 0.15) is 11.9 Å². The first-order valence-corrected chi connectivity index (χ1v) is 6.51. The summed E-state index contributed by atoms with van der Waals surface area (Å²) in [5.74, 6) is 0.583. The average Bonchev–Trinajstić information content (AvgIpc) is 2.74. The number of hydrogen-bond donors (Lipinski definition) is 1. The molecule has 0 aliphatic carbocycles. The lowest BCUT2D eigenvalue weighted by molar-refractivity contribution is 0.224. The molecule has 0 aliphatic rings. The van der Waals surface area contributed by atoms with Gasteiger partial charge in [0, 0.05) is 0 Å². The first-order valence-electron chi connectivity index (χ1n) is 4.88. The van der Waals surface area contributed by atoms with Crippen LogP contribution in [-0.2, 0) is 0 Å². The maximum Gasteiger partial charge on any atom is 0.137 e. The normalized spacial score (nSPS) is 12.5. The van der Waals surface area contributed by atoms with Gasteiger partial charge in [0.2, 0.25) is 0 Å². The van der Waals surface area contributed by atoms with E-state index in [1.54, 1.807) is 31.4 Å². The van der Waals surface area contributed by atoms with Crippen LogP contribution < -0.4 is 4.74 Å². The number of ether oxygens (including phenoxy) is 1. The summed E-state index contributed by atoms with van der Waals surface area (Å²) < 4.78 is 5.06. The standard InChI is InChI=1S/C12H10Cl2O2S/c1-16-10-3-2-7(6-9(10)14)11(15)12-8(13)4-5-17-12/h2-6,11,15H,1H3. The van der Waals surface area contributed by atoms with Gasteiger partial charge < -0.3 is 9.84 Å². The number of benzene rings is 1. The molecule has 2 nitrogen and oxygen atoms in total. The number of aliphatic hydroxyl groups excluding tert-OH is 1. The maximum absolute atomic E-state index is 10.2. The molecule has 0 saturated heterocycles. The fraction of sp³-hybridized carbons (Fsp3) is 0.167. The summed E-state index contributed by atoms with van der Waals surface area (Å²) >= 11 is 13.4. The highest BCUT2D eigenvalue weighted by atomic mass is 35.5. The minimum atomic E-state index is -0.758. The molecule has 1 heterocycles. The second kappa shape index (κ2) is 5.27. The monoisotopic (exact) mass is 288 g/mol. The SMILES string of the molecule is COc1ccc(C(O)c2sccc2Cl)cc1Cl. The quantitative estimate of drug-likeness (QED) is 0.920. The van der Waals surface area contributed by atoms with Crippen LogP contribution >= 0.6 is 34.5 Å². The lowest BCUT2D eigenvalue weighted by Crippen LogP contribution is -1.98. The van der Waals surface area contributed by atoms with Crippen LogP contribution in [0.25, 0.3) is 0 Å². The second-order valence-corrected chi connectivity index (χ2v) is 5.19. The van der Waals surface area contributed by atoms with Gasteiger partial charge in [0.15, 0.2) is 0 Å². The molecule has 1 unspecified atom stereocenters. The van der Waals surface area contributed by atoms with E-state index in [-0.39, 0.29) is 0 Å². The smallest absolute Gasteiger partial charge is 0.137 e. The van der Waals surface area contributed by atoms with Crippen molar-refractivity contribution in [1.29, 1.82) is 0 Å². The molecule has 0 saturated carbocycles. The lowest BCUT2D eigenvalue weighted by atomic mass is 10.1. The van der Waals surface area contributed by atoms with E-state index in [1.807, 2.05) is 5.38 Å². The van der Waals surface area contributed by atoms with Gasteiger partial charge in [-0.25, -0.2) is 0 Å². The highest BCUT2D eigenvalue weighted by Crippen LogP contribution is 2.35. The zero-order chi connectivity index (χ0) is 12.4. The molecule has 5 heteroatoms. The van der Waals surface area contributed by atoms with Gasteiger partial charge in [0.05, 0.1) is 22.0 Å². The summed E-state index contributed by atoms with van der Waals surface area (Å²) in [7, 11) is 1.55. The Morgan fingerprint density at radius 3 is 2.53 bits per heavy atom. The van der Waals surface area contributed by atoms with Crippen LogP contribution in [0.3, 0.4) is 0 Å². The Morgan fingerprint density at radius 2 is 2.00 bits per heavy atom. The topological polar surface area (TPSA) is 29.5 Å². The predicted octanol–water partition coefficient (Wildman–Crippen LogP) is 4.15. The van der Waals surface area contributed by atoms with Gasteiger partial charge in [-0.3, -0.25) is 0 Å². The van der Waals surface area contributed by atoms with Gasteiger partial charge in [-0.05, 0) is 29.1 Å². The summed E-state index contributed by atoms with van der Waals surface area (Å²) in [5, 5.41) is 13.0. The van der Waals surface area contributed by atoms with Crippen molar-refractivity contribution in [3.63, 3.8) is 0 Å². The van der Waals surface area contributed by atoms with Crippen LogP contribution in [0, 0.1) is 0 Å². The molecule has 1 N–H and O–H groups in total. The Kier molecular flexibility index (Phi) is 3.94. The van der Waals surface area contributed by atoms with Crippen molar-refractivity contribution in [2.45, 2.75) is 6.10 Å². The predicted molar refractivity (Wildman–Crippen MR) is 71.4 cm³/mol. The van der Waals surface area contributed by atoms with Crippen LogP contribution in [0.15, 0.2) is 29.6 Å². The van der Waals surface area contributed by atoms with Crippen LogP contribution in [0.4, 0.5) is 0 Å². The second-order valence-electron chi connectivity index (χ2n) is 3.43. The third kappa shape index (κ3) is 2.58. The summed E-state index contributed by atoms with van der Waals surface area (Å²) in [5.41, 5.74) is 0.695. The first kappa shape index (κ1) is 12.7. The molecular formula is C12H10Cl2O2S. The maximum atomic E-state index is 10.2. The Bertz CT molecular complexity index is 525. The van der Waals surface area contributed by atoms with Crippen molar-refractivity contribution < 1.29 is 9.84 Å². The summed E-state index contributed by atoms with van der Waals surface area (Å²) in [6, 6.07) is 6.94. The first-order chi connectivity index (χ1) is 8.13. The summed E-state index contributed by atoms with van der Waals surface area (Å²) in [4.78, 5) is 0.716.